The summed E-state index contributed by atoms with van der Waals surface area (Å²) in [7, 11) is 1.86. The van der Waals surface area contributed by atoms with E-state index < -0.39 is 0 Å². The van der Waals surface area contributed by atoms with E-state index in [9.17, 15) is 0 Å². The maximum Gasteiger partial charge on any atom is 0.145 e. The topological polar surface area (TPSA) is 42.5 Å². The number of nitrogens with one attached hydrogen (secondary N) is 1. The fraction of sp³-hybridized carbons (Fsp3) is 0.0833. The summed E-state index contributed by atoms with van der Waals surface area (Å²) in [4.78, 5) is 4.38. The fourth-order valence-electron chi connectivity index (χ4n) is 1.71. The van der Waals surface area contributed by atoms with Gasteiger partial charge in [-0.15, -0.1) is 0 Å². The van der Waals surface area contributed by atoms with Gasteiger partial charge in [-0.2, -0.15) is 0 Å². The van der Waals surface area contributed by atoms with Crippen molar-refractivity contribution in [2.45, 2.75) is 0 Å². The van der Waals surface area contributed by atoms with Crippen LogP contribution in [0.25, 0.3) is 16.8 Å². The molecule has 16 heavy (non-hydrogen) atoms. The Morgan fingerprint density at radius 3 is 2.88 bits per heavy atom. The molecule has 0 saturated carbocycles. The zero-order valence-corrected chi connectivity index (χ0v) is 8.84. The maximum absolute atomic E-state index is 5.07. The van der Waals surface area contributed by atoms with Crippen molar-refractivity contribution in [2.24, 2.45) is 0 Å². The zero-order valence-electron chi connectivity index (χ0n) is 8.84. The van der Waals surface area contributed by atoms with E-state index in [1.54, 1.807) is 12.5 Å². The third kappa shape index (κ3) is 1.35. The Balaban J connectivity index is 2.15. The Hall–Kier alpha value is -2.23. The predicted molar refractivity (Wildman–Crippen MR) is 62.4 cm³/mol. The number of rotatable bonds is 2. The van der Waals surface area contributed by atoms with Crippen molar-refractivity contribution in [3.63, 3.8) is 0 Å². The van der Waals surface area contributed by atoms with Crippen molar-refractivity contribution in [3.8, 4) is 11.1 Å². The van der Waals surface area contributed by atoms with Gasteiger partial charge in [0.2, 0.25) is 0 Å². The van der Waals surface area contributed by atoms with Crippen LogP contribution in [0.3, 0.4) is 0 Å². The molecule has 0 aliphatic carbocycles. The van der Waals surface area contributed by atoms with Gasteiger partial charge in [0.25, 0.3) is 0 Å². The van der Waals surface area contributed by atoms with Gasteiger partial charge in [0, 0.05) is 24.4 Å². The highest BCUT2D eigenvalue weighted by atomic mass is 16.3. The molecule has 80 valence electrons. The van der Waals surface area contributed by atoms with Crippen LogP contribution in [0.4, 0.5) is 5.82 Å². The molecule has 0 fully saturated rings. The molecule has 3 aromatic heterocycles. The number of anilines is 1. The molecule has 3 heterocycles. The number of pyridine rings is 1. The van der Waals surface area contributed by atoms with Crippen LogP contribution in [0.15, 0.2) is 47.5 Å². The van der Waals surface area contributed by atoms with Crippen molar-refractivity contribution >= 4 is 11.5 Å². The lowest BCUT2D eigenvalue weighted by Crippen LogP contribution is -1.85. The second-order valence-corrected chi connectivity index (χ2v) is 3.57. The third-order valence-corrected chi connectivity index (χ3v) is 2.56. The minimum atomic E-state index is 0.865. The van der Waals surface area contributed by atoms with Crippen LogP contribution in [0.5, 0.6) is 0 Å². The van der Waals surface area contributed by atoms with Crippen LogP contribution in [-0.2, 0) is 0 Å². The van der Waals surface area contributed by atoms with E-state index >= 15 is 0 Å². The molecule has 0 amide bonds. The summed E-state index contributed by atoms with van der Waals surface area (Å²) in [6.07, 6.45) is 7.40. The summed E-state index contributed by atoms with van der Waals surface area (Å²) in [5, 5.41) is 3.02. The number of nitrogens with zero attached hydrogens (tertiary/aromatic N) is 2. The van der Waals surface area contributed by atoms with Crippen molar-refractivity contribution in [3.05, 3.63) is 43.1 Å². The summed E-state index contributed by atoms with van der Waals surface area (Å²) in [6.45, 7) is 0. The van der Waals surface area contributed by atoms with Crippen LogP contribution in [-0.4, -0.2) is 16.4 Å². The smallest absolute Gasteiger partial charge is 0.145 e. The molecule has 3 rings (SSSR count). The van der Waals surface area contributed by atoms with E-state index in [1.165, 1.54) is 0 Å². The van der Waals surface area contributed by atoms with Crippen molar-refractivity contribution in [1.29, 1.82) is 0 Å². The number of fused-ring (bicyclic) bond motifs is 1. The van der Waals surface area contributed by atoms with Gasteiger partial charge in [0.1, 0.15) is 11.5 Å². The number of hydrogen-bond donors (Lipinski definition) is 1. The Bertz CT molecular complexity index is 610. The summed E-state index contributed by atoms with van der Waals surface area (Å²) in [5.74, 6) is 0.865. The van der Waals surface area contributed by atoms with Crippen LogP contribution in [0.2, 0.25) is 0 Å². The highest BCUT2D eigenvalue weighted by molar-refractivity contribution is 5.64. The molecule has 0 atom stereocenters. The number of furan rings is 1. The van der Waals surface area contributed by atoms with Gasteiger partial charge < -0.3 is 14.1 Å². The van der Waals surface area contributed by atoms with E-state index in [2.05, 4.69) is 10.3 Å². The zero-order chi connectivity index (χ0) is 11.0. The molecule has 0 aliphatic heterocycles. The first-order valence-electron chi connectivity index (χ1n) is 5.06. The molecule has 0 aliphatic rings. The molecule has 1 N–H and O–H groups in total. The molecule has 0 radical (unpaired) electrons. The number of imidazole rings is 1. The van der Waals surface area contributed by atoms with Gasteiger partial charge in [-0.25, -0.2) is 4.98 Å². The molecule has 3 aromatic rings. The Morgan fingerprint density at radius 2 is 2.12 bits per heavy atom. The summed E-state index contributed by atoms with van der Waals surface area (Å²) < 4.78 is 7.06. The lowest BCUT2D eigenvalue weighted by atomic mass is 10.1. The van der Waals surface area contributed by atoms with E-state index in [0.717, 1.165) is 22.6 Å². The van der Waals surface area contributed by atoms with Gasteiger partial charge in [0.15, 0.2) is 0 Å². The minimum Gasteiger partial charge on any atom is -0.472 e. The van der Waals surface area contributed by atoms with E-state index in [-0.39, 0.29) is 0 Å². The molecule has 0 spiro atoms. The van der Waals surface area contributed by atoms with Gasteiger partial charge in [-0.3, -0.25) is 0 Å². The molecule has 0 aromatic carbocycles. The van der Waals surface area contributed by atoms with Crippen molar-refractivity contribution in [1.82, 2.24) is 9.38 Å². The quantitative estimate of drug-likeness (QED) is 0.711. The van der Waals surface area contributed by atoms with Crippen LogP contribution >= 0.6 is 0 Å². The number of aromatic nitrogens is 2. The molecule has 0 unspecified atom stereocenters. The molecular formula is C12H11N3O. The van der Waals surface area contributed by atoms with Gasteiger partial charge in [-0.05, 0) is 18.2 Å². The van der Waals surface area contributed by atoms with E-state index in [1.807, 2.05) is 42.0 Å². The monoisotopic (exact) mass is 213 g/mol. The Kier molecular flexibility index (Phi) is 1.93. The minimum absolute atomic E-state index is 0.865. The van der Waals surface area contributed by atoms with Gasteiger partial charge in [-0.1, -0.05) is 0 Å². The molecule has 0 saturated heterocycles. The lowest BCUT2D eigenvalue weighted by molar-refractivity contribution is 0.568. The first kappa shape index (κ1) is 9.03. The average Bonchev–Trinajstić information content (AvgIpc) is 2.96. The van der Waals surface area contributed by atoms with Crippen molar-refractivity contribution in [2.75, 3.05) is 12.4 Å². The first-order valence-corrected chi connectivity index (χ1v) is 5.06. The largest absolute Gasteiger partial charge is 0.472 e. The number of hydrogen-bond acceptors (Lipinski definition) is 3. The Labute approximate surface area is 92.5 Å². The maximum atomic E-state index is 5.07. The van der Waals surface area contributed by atoms with Gasteiger partial charge in [0.05, 0.1) is 18.7 Å². The lowest BCUT2D eigenvalue weighted by Gasteiger charge is -1.97. The molecule has 0 bridgehead atoms. The highest BCUT2D eigenvalue weighted by Gasteiger charge is 2.03. The standard InChI is InChI=1S/C12H11N3O/c1-13-11-7-15-6-9(2-3-12(15)14-11)10-4-5-16-8-10/h2-8,13H,1H3. The third-order valence-electron chi connectivity index (χ3n) is 2.56. The Morgan fingerprint density at radius 1 is 1.19 bits per heavy atom. The average molecular weight is 213 g/mol. The molecule has 4 nitrogen and oxygen atoms in total. The second-order valence-electron chi connectivity index (χ2n) is 3.57. The van der Waals surface area contributed by atoms with Crippen molar-refractivity contribution < 1.29 is 4.42 Å². The fourth-order valence-corrected chi connectivity index (χ4v) is 1.71. The first-order chi connectivity index (χ1) is 7.86. The molecular weight excluding hydrogens is 202 g/mol. The SMILES string of the molecule is CNc1cn2cc(-c3ccoc3)ccc2n1. The summed E-state index contributed by atoms with van der Waals surface area (Å²) in [5.41, 5.74) is 3.11. The highest BCUT2D eigenvalue weighted by Crippen LogP contribution is 2.21. The van der Waals surface area contributed by atoms with Crippen LogP contribution in [0.1, 0.15) is 0 Å². The second kappa shape index (κ2) is 3.41. The molecule has 4 heteroatoms. The predicted octanol–water partition coefficient (Wildman–Crippen LogP) is 2.64. The van der Waals surface area contributed by atoms with E-state index in [0.29, 0.717) is 0 Å². The normalized spacial score (nSPS) is 10.8. The van der Waals surface area contributed by atoms with Crippen LogP contribution < -0.4 is 5.32 Å². The van der Waals surface area contributed by atoms with E-state index in [4.69, 9.17) is 4.42 Å². The summed E-state index contributed by atoms with van der Waals surface area (Å²) >= 11 is 0. The van der Waals surface area contributed by atoms with Crippen LogP contribution in [0, 0.1) is 0 Å². The van der Waals surface area contributed by atoms with Gasteiger partial charge >= 0.3 is 0 Å². The summed E-state index contributed by atoms with van der Waals surface area (Å²) in [6, 6.07) is 5.97.